The zero-order valence-corrected chi connectivity index (χ0v) is 17.8. The summed E-state index contributed by atoms with van der Waals surface area (Å²) in [5.41, 5.74) is 2.81. The molecular formula is C22H19N3O3S2. The van der Waals surface area contributed by atoms with Gasteiger partial charge < -0.3 is 15.4 Å². The number of benzene rings is 2. The van der Waals surface area contributed by atoms with Crippen LogP contribution in [-0.2, 0) is 16.0 Å². The van der Waals surface area contributed by atoms with Gasteiger partial charge in [0, 0.05) is 11.4 Å². The molecule has 0 aliphatic carbocycles. The minimum absolute atomic E-state index is 0.339. The van der Waals surface area contributed by atoms with E-state index in [9.17, 15) is 9.59 Å². The highest BCUT2D eigenvalue weighted by Gasteiger charge is 2.16. The fourth-order valence-electron chi connectivity index (χ4n) is 2.76. The zero-order valence-electron chi connectivity index (χ0n) is 16.2. The van der Waals surface area contributed by atoms with Crippen LogP contribution in [0.2, 0.25) is 0 Å². The summed E-state index contributed by atoms with van der Waals surface area (Å²) in [6.07, 6.45) is 0.933. The fourth-order valence-corrected chi connectivity index (χ4v) is 4.79. The molecular weight excluding hydrogens is 418 g/mol. The molecule has 1 amide bonds. The molecule has 0 aliphatic heterocycles. The third-order valence-corrected chi connectivity index (χ3v) is 6.35. The molecule has 0 unspecified atom stereocenters. The molecule has 4 aromatic rings. The lowest BCUT2D eigenvalue weighted by Crippen LogP contribution is -2.20. The molecule has 152 valence electrons. The first kappa shape index (κ1) is 20.1. The number of nitrogens with zero attached hydrogens (tertiary/aromatic N) is 1. The fraction of sp³-hybridized carbons (Fsp3) is 0.136. The van der Waals surface area contributed by atoms with Crippen molar-refractivity contribution >= 4 is 60.6 Å². The lowest BCUT2D eigenvalue weighted by Gasteiger charge is -2.06. The minimum atomic E-state index is -0.528. The van der Waals surface area contributed by atoms with Gasteiger partial charge in [-0.25, -0.2) is 9.78 Å². The Morgan fingerprint density at radius 1 is 1.00 bits per heavy atom. The number of rotatable bonds is 7. The van der Waals surface area contributed by atoms with Crippen molar-refractivity contribution in [2.75, 3.05) is 17.2 Å². The molecule has 4 rings (SSSR count). The summed E-state index contributed by atoms with van der Waals surface area (Å²) in [6.45, 7) is 1.73. The molecule has 0 radical (unpaired) electrons. The van der Waals surface area contributed by atoms with Crippen LogP contribution >= 0.6 is 22.7 Å². The monoisotopic (exact) mass is 437 g/mol. The van der Waals surface area contributed by atoms with E-state index in [1.807, 2.05) is 54.6 Å². The van der Waals surface area contributed by atoms with E-state index < -0.39 is 5.97 Å². The largest absolute Gasteiger partial charge is 0.451 e. The number of aromatic nitrogens is 1. The Labute approximate surface area is 181 Å². The van der Waals surface area contributed by atoms with Crippen molar-refractivity contribution in [1.29, 1.82) is 0 Å². The standard InChI is InChI=1S/C22H19N3O3S2/c1-2-14-8-10-16(11-9-14)23-19(26)13-28-21(27)18-12-17-20(29-18)25-22(30-17)24-15-6-4-3-5-7-15/h3-12H,2,13H2,1H3,(H,23,26)(H,24,25). The van der Waals surface area contributed by atoms with Crippen LogP contribution in [0.25, 0.3) is 9.53 Å². The van der Waals surface area contributed by atoms with Gasteiger partial charge in [-0.05, 0) is 42.3 Å². The number of carbonyl (C=O) groups excluding carboxylic acids is 2. The van der Waals surface area contributed by atoms with Gasteiger partial charge in [0.15, 0.2) is 11.7 Å². The van der Waals surface area contributed by atoms with Gasteiger partial charge >= 0.3 is 5.97 Å². The second-order valence-electron chi connectivity index (χ2n) is 6.46. The maximum Gasteiger partial charge on any atom is 0.348 e. The normalized spacial score (nSPS) is 10.7. The Morgan fingerprint density at radius 3 is 2.47 bits per heavy atom. The zero-order chi connectivity index (χ0) is 20.9. The van der Waals surface area contributed by atoms with Gasteiger partial charge in [0.05, 0.1) is 4.70 Å². The number of anilines is 3. The van der Waals surface area contributed by atoms with E-state index in [0.717, 1.165) is 26.8 Å². The molecule has 6 nitrogen and oxygen atoms in total. The summed E-state index contributed by atoms with van der Waals surface area (Å²) in [5, 5.41) is 6.72. The Kier molecular flexibility index (Phi) is 6.06. The van der Waals surface area contributed by atoms with Crippen molar-refractivity contribution in [2.45, 2.75) is 13.3 Å². The number of esters is 1. The average Bonchev–Trinajstić information content (AvgIpc) is 3.32. The van der Waals surface area contributed by atoms with E-state index in [2.05, 4.69) is 22.5 Å². The molecule has 0 aliphatic rings. The van der Waals surface area contributed by atoms with Gasteiger partial charge in [-0.15, -0.1) is 11.3 Å². The molecule has 0 saturated heterocycles. The van der Waals surface area contributed by atoms with Gasteiger partial charge in [-0.3, -0.25) is 4.79 Å². The van der Waals surface area contributed by atoms with Crippen molar-refractivity contribution in [3.63, 3.8) is 0 Å². The number of thiophene rings is 1. The number of hydrogen-bond acceptors (Lipinski definition) is 7. The van der Waals surface area contributed by atoms with Gasteiger partial charge in [0.25, 0.3) is 5.91 Å². The number of amides is 1. The lowest BCUT2D eigenvalue weighted by molar-refractivity contribution is -0.119. The smallest absolute Gasteiger partial charge is 0.348 e. The maximum absolute atomic E-state index is 12.3. The van der Waals surface area contributed by atoms with Crippen LogP contribution < -0.4 is 10.6 Å². The Balaban J connectivity index is 1.32. The molecule has 0 spiro atoms. The van der Waals surface area contributed by atoms with E-state index in [0.29, 0.717) is 10.6 Å². The van der Waals surface area contributed by atoms with Crippen LogP contribution in [0.1, 0.15) is 22.2 Å². The third kappa shape index (κ3) is 4.84. The molecule has 0 saturated carbocycles. The number of aryl methyl sites for hydroxylation is 1. The molecule has 0 atom stereocenters. The number of carbonyl (C=O) groups is 2. The number of nitrogens with one attached hydrogen (secondary N) is 2. The van der Waals surface area contributed by atoms with Gasteiger partial charge in [-0.1, -0.05) is 48.6 Å². The molecule has 2 heterocycles. The van der Waals surface area contributed by atoms with Gasteiger partial charge in [0.2, 0.25) is 0 Å². The lowest BCUT2D eigenvalue weighted by atomic mass is 10.1. The summed E-state index contributed by atoms with van der Waals surface area (Å²) in [5.74, 6) is -0.905. The van der Waals surface area contributed by atoms with E-state index >= 15 is 0 Å². The molecule has 2 N–H and O–H groups in total. The SMILES string of the molecule is CCc1ccc(NC(=O)COC(=O)c2cc3sc(Nc4ccccc4)nc3s2)cc1. The highest BCUT2D eigenvalue weighted by Crippen LogP contribution is 2.34. The maximum atomic E-state index is 12.3. The predicted octanol–water partition coefficient (Wildman–Crippen LogP) is 5.46. The van der Waals surface area contributed by atoms with E-state index in [-0.39, 0.29) is 12.5 Å². The minimum Gasteiger partial charge on any atom is -0.451 e. The Morgan fingerprint density at radius 2 is 1.77 bits per heavy atom. The third-order valence-electron chi connectivity index (χ3n) is 4.30. The van der Waals surface area contributed by atoms with E-state index in [1.165, 1.54) is 28.2 Å². The second-order valence-corrected chi connectivity index (χ2v) is 8.53. The summed E-state index contributed by atoms with van der Waals surface area (Å²) in [4.78, 5) is 30.0. The molecule has 2 aromatic heterocycles. The first-order valence-electron chi connectivity index (χ1n) is 9.39. The first-order valence-corrected chi connectivity index (χ1v) is 11.0. The molecule has 0 fully saturated rings. The number of hydrogen-bond donors (Lipinski definition) is 2. The van der Waals surface area contributed by atoms with Crippen LogP contribution in [0.4, 0.5) is 16.5 Å². The molecule has 0 bridgehead atoms. The topological polar surface area (TPSA) is 80.3 Å². The Bertz CT molecular complexity index is 1140. The summed E-state index contributed by atoms with van der Waals surface area (Å²) >= 11 is 2.71. The summed E-state index contributed by atoms with van der Waals surface area (Å²) < 4.78 is 6.05. The van der Waals surface area contributed by atoms with Crippen molar-refractivity contribution in [2.24, 2.45) is 0 Å². The van der Waals surface area contributed by atoms with Crippen molar-refractivity contribution < 1.29 is 14.3 Å². The van der Waals surface area contributed by atoms with Gasteiger partial charge in [0.1, 0.15) is 9.71 Å². The second kappa shape index (κ2) is 9.06. The van der Waals surface area contributed by atoms with E-state index in [1.54, 1.807) is 6.07 Å². The molecule has 30 heavy (non-hydrogen) atoms. The van der Waals surface area contributed by atoms with Crippen LogP contribution in [0.5, 0.6) is 0 Å². The van der Waals surface area contributed by atoms with Crippen LogP contribution in [0.3, 0.4) is 0 Å². The summed E-state index contributed by atoms with van der Waals surface area (Å²) in [6, 6.07) is 19.1. The quantitative estimate of drug-likeness (QED) is 0.375. The number of para-hydroxylation sites is 1. The number of fused-ring (bicyclic) bond motifs is 1. The van der Waals surface area contributed by atoms with Crippen molar-refractivity contribution in [3.05, 3.63) is 71.1 Å². The molecule has 8 heteroatoms. The van der Waals surface area contributed by atoms with Crippen molar-refractivity contribution in [1.82, 2.24) is 4.98 Å². The molecule has 2 aromatic carbocycles. The first-order chi connectivity index (χ1) is 14.6. The predicted molar refractivity (Wildman–Crippen MR) is 122 cm³/mol. The highest BCUT2D eigenvalue weighted by atomic mass is 32.1. The highest BCUT2D eigenvalue weighted by molar-refractivity contribution is 7.29. The summed E-state index contributed by atoms with van der Waals surface area (Å²) in [7, 11) is 0. The van der Waals surface area contributed by atoms with Crippen LogP contribution in [0.15, 0.2) is 60.7 Å². The van der Waals surface area contributed by atoms with Crippen LogP contribution in [0, 0.1) is 0 Å². The van der Waals surface area contributed by atoms with E-state index in [4.69, 9.17) is 4.74 Å². The number of thiazole rings is 1. The van der Waals surface area contributed by atoms with Crippen molar-refractivity contribution in [3.8, 4) is 0 Å². The number of ether oxygens (including phenoxy) is 1. The van der Waals surface area contributed by atoms with Gasteiger partial charge in [-0.2, -0.15) is 0 Å². The van der Waals surface area contributed by atoms with Crippen LogP contribution in [-0.4, -0.2) is 23.5 Å². The Hall–Kier alpha value is -3.23. The average molecular weight is 438 g/mol.